The number of hydrogen-bond donors (Lipinski definition) is 1. The van der Waals surface area contributed by atoms with Crippen LogP contribution in [0.3, 0.4) is 0 Å². The van der Waals surface area contributed by atoms with Gasteiger partial charge in [-0.05, 0) is 67.6 Å². The van der Waals surface area contributed by atoms with Gasteiger partial charge in [-0.3, -0.25) is 9.48 Å². The van der Waals surface area contributed by atoms with Crippen LogP contribution in [-0.2, 0) is 16.9 Å². The molecule has 0 saturated heterocycles. The minimum absolute atomic E-state index is 0.0819. The highest BCUT2D eigenvalue weighted by Gasteiger charge is 2.44. The van der Waals surface area contributed by atoms with E-state index >= 15 is 8.78 Å². The number of carboxylic acid groups (broad SMARTS) is 1. The van der Waals surface area contributed by atoms with Crippen LogP contribution in [0.2, 0.25) is 0 Å². The summed E-state index contributed by atoms with van der Waals surface area (Å²) in [6.45, 7) is 3.88. The van der Waals surface area contributed by atoms with Crippen molar-refractivity contribution >= 4 is 17.0 Å². The summed E-state index contributed by atoms with van der Waals surface area (Å²) in [6, 6.07) is 29.8. The van der Waals surface area contributed by atoms with E-state index in [2.05, 4.69) is 41.4 Å². The van der Waals surface area contributed by atoms with Crippen LogP contribution in [0.5, 0.6) is 0 Å². The normalized spacial score (nSPS) is 14.8. The van der Waals surface area contributed by atoms with Gasteiger partial charge in [0.25, 0.3) is 0 Å². The Labute approximate surface area is 283 Å². The average Bonchev–Trinajstić information content (AvgIpc) is 3.74. The number of hydrogen-bond acceptors (Lipinski definition) is 3. The number of aryl methyl sites for hydroxylation is 1. The van der Waals surface area contributed by atoms with Gasteiger partial charge in [0.05, 0.1) is 28.3 Å². The Bertz CT molecular complexity index is 2140. The number of carboxylic acids is 1. The molecule has 1 aliphatic rings. The third-order valence-electron chi connectivity index (χ3n) is 9.71. The fourth-order valence-electron chi connectivity index (χ4n) is 6.90. The molecule has 0 amide bonds. The molecule has 0 bridgehead atoms. The zero-order valence-electron chi connectivity index (χ0n) is 27.3. The number of rotatable bonds is 10. The summed E-state index contributed by atoms with van der Waals surface area (Å²) in [5, 5.41) is 14.7. The van der Waals surface area contributed by atoms with Gasteiger partial charge in [-0.2, -0.15) is 5.10 Å². The molecule has 0 aliphatic heterocycles. The van der Waals surface area contributed by atoms with Crippen LogP contribution < -0.4 is 0 Å². The summed E-state index contributed by atoms with van der Waals surface area (Å²) in [7, 11) is 0. The molecular formula is C41H36F2N4O2. The Kier molecular flexibility index (Phi) is 8.32. The van der Waals surface area contributed by atoms with Gasteiger partial charge in [0.2, 0.25) is 0 Å². The van der Waals surface area contributed by atoms with Crippen LogP contribution in [0, 0.1) is 23.0 Å². The molecule has 8 heteroatoms. The summed E-state index contributed by atoms with van der Waals surface area (Å²) in [5.74, 6) is -2.35. The van der Waals surface area contributed by atoms with Gasteiger partial charge in [-0.1, -0.05) is 97.1 Å². The molecule has 1 atom stereocenters. The van der Waals surface area contributed by atoms with E-state index in [0.29, 0.717) is 29.6 Å². The second-order valence-electron chi connectivity index (χ2n) is 13.2. The average molecular weight is 655 g/mol. The van der Waals surface area contributed by atoms with Crippen molar-refractivity contribution in [2.24, 2.45) is 11.3 Å². The first kappa shape index (κ1) is 31.9. The lowest BCUT2D eigenvalue weighted by atomic mass is 9.70. The lowest BCUT2D eigenvalue weighted by Gasteiger charge is -2.41. The molecule has 4 aromatic carbocycles. The van der Waals surface area contributed by atoms with E-state index in [4.69, 9.17) is 5.10 Å². The van der Waals surface area contributed by atoms with E-state index in [1.165, 1.54) is 18.2 Å². The first-order valence-corrected chi connectivity index (χ1v) is 16.4. The lowest BCUT2D eigenvalue weighted by molar-refractivity contribution is -0.147. The Morgan fingerprint density at radius 3 is 2.18 bits per heavy atom. The number of allylic oxidation sites excluding steroid dienone is 4. The third-order valence-corrected chi connectivity index (χ3v) is 9.71. The van der Waals surface area contributed by atoms with Crippen molar-refractivity contribution < 1.29 is 18.7 Å². The number of aliphatic carboxylic acids is 1. The van der Waals surface area contributed by atoms with E-state index in [1.54, 1.807) is 20.2 Å². The van der Waals surface area contributed by atoms with Crippen LogP contribution in [0.15, 0.2) is 134 Å². The molecule has 6 aromatic rings. The Morgan fingerprint density at radius 1 is 0.898 bits per heavy atom. The molecule has 0 saturated carbocycles. The Balaban J connectivity index is 1.46. The monoisotopic (exact) mass is 654 g/mol. The van der Waals surface area contributed by atoms with Crippen LogP contribution in [-0.4, -0.2) is 30.4 Å². The van der Waals surface area contributed by atoms with Crippen LogP contribution >= 0.6 is 0 Å². The minimum Gasteiger partial charge on any atom is -0.481 e. The zero-order valence-corrected chi connectivity index (χ0v) is 27.3. The number of aromatic nitrogens is 4. The van der Waals surface area contributed by atoms with Crippen molar-refractivity contribution in [1.29, 1.82) is 0 Å². The maximum Gasteiger partial charge on any atom is 0.309 e. The molecule has 0 fully saturated rings. The lowest BCUT2D eigenvalue weighted by Crippen LogP contribution is -2.43. The van der Waals surface area contributed by atoms with Crippen molar-refractivity contribution in [3.8, 4) is 22.4 Å². The highest BCUT2D eigenvalue weighted by Crippen LogP contribution is 2.46. The quantitative estimate of drug-likeness (QED) is 0.160. The third kappa shape index (κ3) is 5.67. The molecule has 6 nitrogen and oxygen atoms in total. The molecule has 1 aliphatic carbocycles. The predicted octanol–water partition coefficient (Wildman–Crippen LogP) is 9.27. The van der Waals surface area contributed by atoms with E-state index in [9.17, 15) is 9.90 Å². The summed E-state index contributed by atoms with van der Waals surface area (Å²) < 4.78 is 35.2. The van der Waals surface area contributed by atoms with Gasteiger partial charge in [0.1, 0.15) is 22.9 Å². The van der Waals surface area contributed by atoms with E-state index in [1.807, 2.05) is 82.2 Å². The molecule has 0 radical (unpaired) electrons. The maximum atomic E-state index is 15.7. The van der Waals surface area contributed by atoms with Gasteiger partial charge >= 0.3 is 5.97 Å². The van der Waals surface area contributed by atoms with Crippen molar-refractivity contribution in [3.63, 3.8) is 0 Å². The second kappa shape index (κ2) is 12.8. The van der Waals surface area contributed by atoms with E-state index in [-0.39, 0.29) is 17.2 Å². The van der Waals surface area contributed by atoms with Gasteiger partial charge in [0.15, 0.2) is 0 Å². The van der Waals surface area contributed by atoms with Gasteiger partial charge < -0.3 is 9.67 Å². The van der Waals surface area contributed by atoms with Gasteiger partial charge in [-0.15, -0.1) is 0 Å². The van der Waals surface area contributed by atoms with Crippen LogP contribution in [0.4, 0.5) is 8.78 Å². The molecule has 1 unspecified atom stereocenters. The van der Waals surface area contributed by atoms with E-state index < -0.39 is 28.6 Å². The van der Waals surface area contributed by atoms with Crippen LogP contribution in [0.25, 0.3) is 33.4 Å². The number of benzene rings is 4. The smallest absolute Gasteiger partial charge is 0.309 e. The zero-order chi connectivity index (χ0) is 34.2. The number of nitrogens with zero attached hydrogens (tertiary/aromatic N) is 4. The van der Waals surface area contributed by atoms with Crippen molar-refractivity contribution in [3.05, 3.63) is 157 Å². The second-order valence-corrected chi connectivity index (χ2v) is 13.2. The van der Waals surface area contributed by atoms with Crippen LogP contribution in [0.1, 0.15) is 37.8 Å². The SMILES string of the molecule is CC(C)(CCn1cnc2cc(-c3cn(C(c4ccccc4)(c4ccccc4)C4C=CC=CC4)nc3-c3c(F)cccc3F)ccc21)C(=O)O. The molecular weight excluding hydrogens is 618 g/mol. The first-order valence-electron chi connectivity index (χ1n) is 16.4. The fourth-order valence-corrected chi connectivity index (χ4v) is 6.90. The Hall–Kier alpha value is -5.63. The molecule has 246 valence electrons. The number of fused-ring (bicyclic) bond motifs is 1. The molecule has 49 heavy (non-hydrogen) atoms. The Morgan fingerprint density at radius 2 is 1.57 bits per heavy atom. The minimum atomic E-state index is -0.892. The van der Waals surface area contributed by atoms with Gasteiger partial charge in [0, 0.05) is 24.2 Å². The van der Waals surface area contributed by atoms with Gasteiger partial charge in [-0.25, -0.2) is 13.8 Å². The highest BCUT2D eigenvalue weighted by atomic mass is 19.1. The largest absolute Gasteiger partial charge is 0.481 e. The fraction of sp³-hybridized carbons (Fsp3) is 0.195. The standard InChI is InChI=1S/C41H36F2N4O2/c1-40(2,39(48)49)23-24-46-27-44-35-25-28(21-22-36(35)46)32-26-47(45-38(32)37-33(42)19-12-20-34(37)43)41(29-13-6-3-7-14-29,30-15-8-4-9-16-30)31-17-10-5-11-18-31/h3-17,19-22,25-27,31H,18,23-24H2,1-2H3,(H,48,49). The van der Waals surface area contributed by atoms with Crippen molar-refractivity contribution in [2.75, 3.05) is 0 Å². The topological polar surface area (TPSA) is 72.9 Å². The molecule has 2 heterocycles. The predicted molar refractivity (Wildman–Crippen MR) is 188 cm³/mol. The summed E-state index contributed by atoms with van der Waals surface area (Å²) >= 11 is 0. The number of imidazole rings is 1. The van der Waals surface area contributed by atoms with Crippen molar-refractivity contribution in [1.82, 2.24) is 19.3 Å². The molecule has 2 aromatic heterocycles. The summed E-state index contributed by atoms with van der Waals surface area (Å²) in [6.07, 6.45) is 13.1. The molecule has 7 rings (SSSR count). The summed E-state index contributed by atoms with van der Waals surface area (Å²) in [4.78, 5) is 16.3. The summed E-state index contributed by atoms with van der Waals surface area (Å²) in [5.41, 5.74) is 2.95. The van der Waals surface area contributed by atoms with E-state index in [0.717, 1.165) is 23.1 Å². The first-order chi connectivity index (χ1) is 23.7. The number of carbonyl (C=O) groups is 1. The van der Waals surface area contributed by atoms with Crippen molar-refractivity contribution in [2.45, 2.75) is 38.8 Å². The molecule has 0 spiro atoms. The maximum absolute atomic E-state index is 15.7. The highest BCUT2D eigenvalue weighted by molar-refractivity contribution is 5.87. The molecule has 1 N–H and O–H groups in total. The number of halogens is 2.